The highest BCUT2D eigenvalue weighted by Crippen LogP contribution is 2.24. The number of nitrogens with one attached hydrogen (secondary N) is 1. The van der Waals surface area contributed by atoms with Gasteiger partial charge in [-0.15, -0.1) is 0 Å². The van der Waals surface area contributed by atoms with E-state index in [2.05, 4.69) is 21.2 Å². The lowest BCUT2D eigenvalue weighted by Gasteiger charge is -2.07. The quantitative estimate of drug-likeness (QED) is 0.511. The van der Waals surface area contributed by atoms with Crippen LogP contribution in [0.5, 0.6) is 5.75 Å². The fourth-order valence-corrected chi connectivity index (χ4v) is 2.06. The first-order chi connectivity index (χ1) is 9.06. The van der Waals surface area contributed by atoms with Gasteiger partial charge in [-0.2, -0.15) is 0 Å². The van der Waals surface area contributed by atoms with Gasteiger partial charge >= 0.3 is 0 Å². The van der Waals surface area contributed by atoms with Crippen molar-refractivity contribution in [3.63, 3.8) is 0 Å². The summed E-state index contributed by atoms with van der Waals surface area (Å²) >= 11 is 3.30. The van der Waals surface area contributed by atoms with Gasteiger partial charge in [-0.05, 0) is 36.4 Å². The lowest BCUT2D eigenvalue weighted by molar-refractivity contribution is -0.385. The highest BCUT2D eigenvalue weighted by Gasteiger charge is 2.13. The van der Waals surface area contributed by atoms with Crippen LogP contribution in [0.15, 0.2) is 46.9 Å². The number of hydrogen-bond donors (Lipinski definition) is 2. The molecule has 2 aromatic carbocycles. The fourth-order valence-electron chi connectivity index (χ4n) is 1.65. The first-order valence-corrected chi connectivity index (χ1v) is 6.31. The second-order valence-corrected chi connectivity index (χ2v) is 4.85. The molecule has 0 heterocycles. The van der Waals surface area contributed by atoms with Crippen LogP contribution in [0.3, 0.4) is 0 Å². The van der Waals surface area contributed by atoms with Crippen molar-refractivity contribution in [2.24, 2.45) is 0 Å². The van der Waals surface area contributed by atoms with E-state index in [1.807, 2.05) is 0 Å². The summed E-state index contributed by atoms with van der Waals surface area (Å²) in [5.74, 6) is 0.180. The molecule has 0 amide bonds. The molecule has 0 aliphatic heterocycles. The van der Waals surface area contributed by atoms with Gasteiger partial charge in [-0.25, -0.2) is 0 Å². The Bertz CT molecular complexity index is 599. The number of nitro benzene ring substituents is 1. The molecule has 2 rings (SSSR count). The Morgan fingerprint density at radius 2 is 1.89 bits per heavy atom. The van der Waals surface area contributed by atoms with Crippen molar-refractivity contribution in [3.8, 4) is 5.75 Å². The van der Waals surface area contributed by atoms with Gasteiger partial charge in [0.25, 0.3) is 5.69 Å². The number of phenolic OH excluding ortho intramolecular Hbond substituents is 1. The molecule has 0 unspecified atom stereocenters. The van der Waals surface area contributed by atoms with Gasteiger partial charge in [0.2, 0.25) is 0 Å². The van der Waals surface area contributed by atoms with Crippen molar-refractivity contribution < 1.29 is 10.0 Å². The summed E-state index contributed by atoms with van der Waals surface area (Å²) in [6, 6.07) is 11.3. The molecule has 0 atom stereocenters. The zero-order chi connectivity index (χ0) is 13.8. The number of halogens is 1. The average molecular weight is 323 g/mol. The van der Waals surface area contributed by atoms with Gasteiger partial charge in [0.05, 0.1) is 4.92 Å². The number of hydrogen-bond acceptors (Lipinski definition) is 4. The van der Waals surface area contributed by atoms with E-state index in [9.17, 15) is 15.2 Å². The van der Waals surface area contributed by atoms with E-state index < -0.39 is 4.92 Å². The molecule has 19 heavy (non-hydrogen) atoms. The minimum Gasteiger partial charge on any atom is -0.508 e. The first kappa shape index (κ1) is 13.4. The van der Waals surface area contributed by atoms with E-state index in [-0.39, 0.29) is 11.4 Å². The molecule has 0 radical (unpaired) electrons. The highest BCUT2D eigenvalue weighted by molar-refractivity contribution is 9.10. The van der Waals surface area contributed by atoms with Gasteiger partial charge in [0.1, 0.15) is 5.75 Å². The lowest BCUT2D eigenvalue weighted by Crippen LogP contribution is -2.03. The molecular formula is C13H11BrN2O3. The van der Waals surface area contributed by atoms with Gasteiger partial charge < -0.3 is 10.4 Å². The largest absolute Gasteiger partial charge is 0.508 e. The van der Waals surface area contributed by atoms with Crippen molar-refractivity contribution in [1.29, 1.82) is 0 Å². The van der Waals surface area contributed by atoms with Crippen molar-refractivity contribution in [1.82, 2.24) is 0 Å². The zero-order valence-corrected chi connectivity index (χ0v) is 11.4. The maximum atomic E-state index is 10.9. The summed E-state index contributed by atoms with van der Waals surface area (Å²) in [5.41, 5.74) is 1.45. The van der Waals surface area contributed by atoms with Crippen molar-refractivity contribution >= 4 is 27.3 Å². The monoisotopic (exact) mass is 322 g/mol. The zero-order valence-electron chi connectivity index (χ0n) is 9.84. The lowest BCUT2D eigenvalue weighted by atomic mass is 10.1. The minimum absolute atomic E-state index is 0.0782. The highest BCUT2D eigenvalue weighted by atomic mass is 79.9. The van der Waals surface area contributed by atoms with E-state index in [0.29, 0.717) is 12.1 Å². The molecule has 2 aromatic rings. The summed E-state index contributed by atoms with van der Waals surface area (Å²) in [7, 11) is 0. The summed E-state index contributed by atoms with van der Waals surface area (Å²) in [6.07, 6.45) is 0. The van der Waals surface area contributed by atoms with Crippen LogP contribution >= 0.6 is 15.9 Å². The molecule has 0 aliphatic carbocycles. The van der Waals surface area contributed by atoms with Crippen LogP contribution in [0.1, 0.15) is 5.56 Å². The average Bonchev–Trinajstić information content (AvgIpc) is 2.38. The molecule has 5 nitrogen and oxygen atoms in total. The van der Waals surface area contributed by atoms with Crippen molar-refractivity contribution in [3.05, 3.63) is 62.6 Å². The van der Waals surface area contributed by atoms with Crippen LogP contribution in [0.25, 0.3) is 0 Å². The number of nitrogens with zero attached hydrogens (tertiary/aromatic N) is 1. The van der Waals surface area contributed by atoms with Crippen LogP contribution in [0.2, 0.25) is 0 Å². The molecule has 0 spiro atoms. The third-order valence-corrected chi connectivity index (χ3v) is 3.08. The molecule has 0 aromatic heterocycles. The molecular weight excluding hydrogens is 312 g/mol. The third-order valence-electron chi connectivity index (χ3n) is 2.59. The maximum absolute atomic E-state index is 10.9. The van der Waals surface area contributed by atoms with Crippen molar-refractivity contribution in [2.75, 3.05) is 5.32 Å². The second-order valence-electron chi connectivity index (χ2n) is 3.93. The second kappa shape index (κ2) is 5.71. The summed E-state index contributed by atoms with van der Waals surface area (Å²) in [5, 5.41) is 23.2. The topological polar surface area (TPSA) is 75.4 Å². The smallest absolute Gasteiger partial charge is 0.274 e. The minimum atomic E-state index is -0.403. The van der Waals surface area contributed by atoms with E-state index in [0.717, 1.165) is 10.2 Å². The first-order valence-electron chi connectivity index (χ1n) is 5.52. The van der Waals surface area contributed by atoms with E-state index in [4.69, 9.17) is 0 Å². The SMILES string of the molecule is O=[N+]([O-])c1ccc(Br)cc1CNc1ccc(O)cc1. The standard InChI is InChI=1S/C13H11BrN2O3/c14-10-1-6-13(16(18)19)9(7-10)8-15-11-2-4-12(17)5-3-11/h1-7,15,17H,8H2. The van der Waals surface area contributed by atoms with Crippen LogP contribution in [-0.4, -0.2) is 10.0 Å². The fraction of sp³-hybridized carbons (Fsp3) is 0.0769. The van der Waals surface area contributed by atoms with E-state index in [1.165, 1.54) is 6.07 Å². The molecule has 0 aliphatic rings. The molecule has 0 saturated carbocycles. The Morgan fingerprint density at radius 1 is 1.21 bits per heavy atom. The van der Waals surface area contributed by atoms with Crippen LogP contribution in [0.4, 0.5) is 11.4 Å². The summed E-state index contributed by atoms with van der Waals surface area (Å²) < 4.78 is 0.792. The summed E-state index contributed by atoms with van der Waals surface area (Å²) in [6.45, 7) is 0.334. The molecule has 0 fully saturated rings. The van der Waals surface area contributed by atoms with Gasteiger partial charge in [0, 0.05) is 28.3 Å². The van der Waals surface area contributed by atoms with Gasteiger partial charge in [-0.1, -0.05) is 15.9 Å². The predicted octanol–water partition coefficient (Wildman–Crippen LogP) is 3.68. The number of benzene rings is 2. The predicted molar refractivity (Wildman–Crippen MR) is 76.2 cm³/mol. The number of aromatic hydroxyl groups is 1. The Labute approximate surface area is 118 Å². The van der Waals surface area contributed by atoms with Crippen molar-refractivity contribution in [2.45, 2.75) is 6.54 Å². The Kier molecular flexibility index (Phi) is 4.01. The number of phenols is 1. The van der Waals surface area contributed by atoms with Crippen LogP contribution in [-0.2, 0) is 6.54 Å². The number of nitro groups is 1. The number of rotatable bonds is 4. The molecule has 6 heteroatoms. The molecule has 0 bridgehead atoms. The normalized spacial score (nSPS) is 10.2. The third kappa shape index (κ3) is 3.45. The Hall–Kier alpha value is -2.08. The van der Waals surface area contributed by atoms with Crippen LogP contribution < -0.4 is 5.32 Å². The number of anilines is 1. The molecule has 0 saturated heterocycles. The van der Waals surface area contributed by atoms with Gasteiger partial charge in [-0.3, -0.25) is 10.1 Å². The summed E-state index contributed by atoms with van der Waals surface area (Å²) in [4.78, 5) is 10.5. The maximum Gasteiger partial charge on any atom is 0.274 e. The molecule has 98 valence electrons. The molecule has 2 N–H and O–H groups in total. The van der Waals surface area contributed by atoms with E-state index >= 15 is 0 Å². The Morgan fingerprint density at radius 3 is 2.53 bits per heavy atom. The van der Waals surface area contributed by atoms with E-state index in [1.54, 1.807) is 36.4 Å². The van der Waals surface area contributed by atoms with Gasteiger partial charge in [0.15, 0.2) is 0 Å². The Balaban J connectivity index is 2.16. The van der Waals surface area contributed by atoms with Crippen LogP contribution in [0, 0.1) is 10.1 Å².